The van der Waals surface area contributed by atoms with Crippen molar-refractivity contribution in [3.8, 4) is 11.1 Å². The predicted octanol–water partition coefficient (Wildman–Crippen LogP) is 4.71. The van der Waals surface area contributed by atoms with Crippen molar-refractivity contribution in [2.45, 2.75) is 6.10 Å². The van der Waals surface area contributed by atoms with Gasteiger partial charge in [-0.2, -0.15) is 0 Å². The van der Waals surface area contributed by atoms with E-state index in [9.17, 15) is 13.9 Å². The zero-order valence-electron chi connectivity index (χ0n) is 11.7. The number of rotatable bonds is 3. The molecule has 0 spiro atoms. The minimum absolute atomic E-state index is 0.271. The van der Waals surface area contributed by atoms with Gasteiger partial charge >= 0.3 is 0 Å². The molecule has 3 heteroatoms. The summed E-state index contributed by atoms with van der Waals surface area (Å²) in [6.07, 6.45) is -0.803. The van der Waals surface area contributed by atoms with E-state index < -0.39 is 6.10 Å². The molecule has 0 aromatic heterocycles. The van der Waals surface area contributed by atoms with Gasteiger partial charge in [0.05, 0.1) is 0 Å². The fraction of sp³-hybridized carbons (Fsp3) is 0.0526. The molecule has 0 radical (unpaired) electrons. The zero-order chi connectivity index (χ0) is 15.5. The van der Waals surface area contributed by atoms with E-state index in [0.29, 0.717) is 5.56 Å². The minimum Gasteiger partial charge on any atom is -0.384 e. The molecule has 0 saturated heterocycles. The van der Waals surface area contributed by atoms with Crippen LogP contribution >= 0.6 is 0 Å². The smallest absolute Gasteiger partial charge is 0.123 e. The van der Waals surface area contributed by atoms with Crippen LogP contribution in [0.5, 0.6) is 0 Å². The maximum absolute atomic E-state index is 12.9. The summed E-state index contributed by atoms with van der Waals surface area (Å²) < 4.78 is 25.8. The second kappa shape index (κ2) is 6.08. The van der Waals surface area contributed by atoms with Gasteiger partial charge in [-0.25, -0.2) is 8.78 Å². The Bertz CT molecular complexity index is 747. The Morgan fingerprint density at radius 1 is 0.545 bits per heavy atom. The molecule has 0 bridgehead atoms. The van der Waals surface area contributed by atoms with Crippen LogP contribution in [0.2, 0.25) is 0 Å². The van der Waals surface area contributed by atoms with E-state index in [1.54, 1.807) is 24.3 Å². The van der Waals surface area contributed by atoms with Gasteiger partial charge in [0.25, 0.3) is 0 Å². The molecule has 1 N–H and O–H groups in total. The van der Waals surface area contributed by atoms with Gasteiger partial charge in [-0.3, -0.25) is 0 Å². The lowest BCUT2D eigenvalue weighted by Gasteiger charge is -2.12. The SMILES string of the molecule is O[C@@H](c1ccc(F)cc1)c1ccc(-c2ccc(F)cc2)cc1. The van der Waals surface area contributed by atoms with Crippen molar-refractivity contribution in [2.24, 2.45) is 0 Å². The summed E-state index contributed by atoms with van der Waals surface area (Å²) in [5.41, 5.74) is 3.20. The number of aliphatic hydroxyl groups excluding tert-OH is 1. The van der Waals surface area contributed by atoms with Crippen LogP contribution in [0.1, 0.15) is 17.2 Å². The molecule has 3 aromatic carbocycles. The van der Waals surface area contributed by atoms with Crippen molar-refractivity contribution in [1.82, 2.24) is 0 Å². The Kier molecular flexibility index (Phi) is 3.98. The van der Waals surface area contributed by atoms with Crippen molar-refractivity contribution in [1.29, 1.82) is 0 Å². The molecular weight excluding hydrogens is 282 g/mol. The van der Waals surface area contributed by atoms with Gasteiger partial charge in [-0.05, 0) is 46.5 Å². The van der Waals surface area contributed by atoms with Crippen LogP contribution in [-0.2, 0) is 0 Å². The van der Waals surface area contributed by atoms with E-state index in [-0.39, 0.29) is 11.6 Å². The molecule has 0 saturated carbocycles. The van der Waals surface area contributed by atoms with Crippen LogP contribution in [-0.4, -0.2) is 5.11 Å². The Labute approximate surface area is 127 Å². The van der Waals surface area contributed by atoms with Gasteiger partial charge in [0.1, 0.15) is 17.7 Å². The van der Waals surface area contributed by atoms with Crippen LogP contribution in [0.25, 0.3) is 11.1 Å². The summed E-state index contributed by atoms with van der Waals surface area (Å²) >= 11 is 0. The van der Waals surface area contributed by atoms with Gasteiger partial charge in [-0.1, -0.05) is 48.5 Å². The lowest BCUT2D eigenvalue weighted by Crippen LogP contribution is -1.99. The molecule has 0 aliphatic rings. The normalized spacial score (nSPS) is 12.1. The van der Waals surface area contributed by atoms with Crippen molar-refractivity contribution in [3.63, 3.8) is 0 Å². The molecule has 1 nitrogen and oxygen atoms in total. The highest BCUT2D eigenvalue weighted by atomic mass is 19.1. The molecule has 1 atom stereocenters. The molecule has 0 aliphatic heterocycles. The maximum Gasteiger partial charge on any atom is 0.123 e. The molecule has 0 heterocycles. The molecule has 110 valence electrons. The second-order valence-electron chi connectivity index (χ2n) is 5.08. The summed E-state index contributed by atoms with van der Waals surface area (Å²) in [6, 6.07) is 19.4. The first-order valence-corrected chi connectivity index (χ1v) is 6.93. The van der Waals surface area contributed by atoms with E-state index in [2.05, 4.69) is 0 Å². The largest absolute Gasteiger partial charge is 0.384 e. The molecule has 22 heavy (non-hydrogen) atoms. The standard InChI is InChI=1S/C19H14F2O/c20-17-9-5-14(6-10-17)13-1-3-15(4-2-13)19(22)16-7-11-18(21)12-8-16/h1-12,19,22H/t19-/m1/s1. The number of hydrogen-bond acceptors (Lipinski definition) is 1. The molecular formula is C19H14F2O. The summed E-state index contributed by atoms with van der Waals surface area (Å²) in [5, 5.41) is 10.3. The van der Waals surface area contributed by atoms with E-state index in [1.807, 2.05) is 24.3 Å². The maximum atomic E-state index is 12.9. The minimum atomic E-state index is -0.803. The highest BCUT2D eigenvalue weighted by Crippen LogP contribution is 2.26. The van der Waals surface area contributed by atoms with Gasteiger partial charge in [0.2, 0.25) is 0 Å². The summed E-state index contributed by atoms with van der Waals surface area (Å²) in [5.74, 6) is -0.602. The fourth-order valence-corrected chi connectivity index (χ4v) is 2.34. The number of benzene rings is 3. The molecule has 3 rings (SSSR count). The predicted molar refractivity (Wildman–Crippen MR) is 82.3 cm³/mol. The van der Waals surface area contributed by atoms with Gasteiger partial charge < -0.3 is 5.11 Å². The summed E-state index contributed by atoms with van der Waals surface area (Å²) in [4.78, 5) is 0. The number of halogens is 2. The van der Waals surface area contributed by atoms with E-state index >= 15 is 0 Å². The molecule has 0 amide bonds. The molecule has 0 aliphatic carbocycles. The first kappa shape index (κ1) is 14.4. The molecule has 0 fully saturated rings. The third-order valence-electron chi connectivity index (χ3n) is 3.59. The number of hydrogen-bond donors (Lipinski definition) is 1. The van der Waals surface area contributed by atoms with E-state index in [0.717, 1.165) is 16.7 Å². The van der Waals surface area contributed by atoms with Gasteiger partial charge in [0.15, 0.2) is 0 Å². The van der Waals surface area contributed by atoms with Crippen molar-refractivity contribution < 1.29 is 13.9 Å². The third kappa shape index (κ3) is 3.05. The van der Waals surface area contributed by atoms with Crippen LogP contribution in [0.4, 0.5) is 8.78 Å². The Hall–Kier alpha value is -2.52. The highest BCUT2D eigenvalue weighted by molar-refractivity contribution is 5.63. The van der Waals surface area contributed by atoms with E-state index in [1.165, 1.54) is 24.3 Å². The molecule has 3 aromatic rings. The van der Waals surface area contributed by atoms with Crippen LogP contribution in [0.15, 0.2) is 72.8 Å². The first-order chi connectivity index (χ1) is 10.6. The van der Waals surface area contributed by atoms with Crippen molar-refractivity contribution in [2.75, 3.05) is 0 Å². The monoisotopic (exact) mass is 296 g/mol. The summed E-state index contributed by atoms with van der Waals surface area (Å²) in [6.45, 7) is 0. The third-order valence-corrected chi connectivity index (χ3v) is 3.59. The van der Waals surface area contributed by atoms with Gasteiger partial charge in [-0.15, -0.1) is 0 Å². The average Bonchev–Trinajstić information content (AvgIpc) is 2.56. The van der Waals surface area contributed by atoms with E-state index in [4.69, 9.17) is 0 Å². The highest BCUT2D eigenvalue weighted by Gasteiger charge is 2.10. The van der Waals surface area contributed by atoms with Crippen LogP contribution in [0, 0.1) is 11.6 Å². The van der Waals surface area contributed by atoms with Crippen molar-refractivity contribution in [3.05, 3.63) is 95.6 Å². The lowest BCUT2D eigenvalue weighted by molar-refractivity contribution is 0.220. The van der Waals surface area contributed by atoms with Crippen LogP contribution < -0.4 is 0 Å². The molecule has 0 unspecified atom stereocenters. The Balaban J connectivity index is 1.84. The van der Waals surface area contributed by atoms with Crippen LogP contribution in [0.3, 0.4) is 0 Å². The quantitative estimate of drug-likeness (QED) is 0.742. The zero-order valence-corrected chi connectivity index (χ0v) is 11.7. The fourth-order valence-electron chi connectivity index (χ4n) is 2.34. The topological polar surface area (TPSA) is 20.2 Å². The summed E-state index contributed by atoms with van der Waals surface area (Å²) in [7, 11) is 0. The van der Waals surface area contributed by atoms with Crippen molar-refractivity contribution >= 4 is 0 Å². The average molecular weight is 296 g/mol. The first-order valence-electron chi connectivity index (χ1n) is 6.93. The Morgan fingerprint density at radius 2 is 0.864 bits per heavy atom. The second-order valence-corrected chi connectivity index (χ2v) is 5.08. The Morgan fingerprint density at radius 3 is 1.32 bits per heavy atom. The van der Waals surface area contributed by atoms with Gasteiger partial charge in [0, 0.05) is 0 Å². The lowest BCUT2D eigenvalue weighted by atomic mass is 9.98. The number of aliphatic hydroxyl groups is 1.